The average Bonchev–Trinajstić information content (AvgIpc) is 4.14. The number of aromatic amines is 2. The topological polar surface area (TPSA) is 304 Å². The van der Waals surface area contributed by atoms with E-state index in [-0.39, 0.29) is 56.4 Å². The molecule has 2 aliphatic rings. The summed E-state index contributed by atoms with van der Waals surface area (Å²) in [6, 6.07) is 4.95. The van der Waals surface area contributed by atoms with Crippen LogP contribution in [0.1, 0.15) is 116 Å². The van der Waals surface area contributed by atoms with Crippen LogP contribution in [0.3, 0.4) is 0 Å². The maximum Gasteiger partial charge on any atom is 0.352 e. The summed E-state index contributed by atoms with van der Waals surface area (Å²) in [5.74, 6) is -12.3. The van der Waals surface area contributed by atoms with Crippen molar-refractivity contribution in [3.8, 4) is 0 Å². The van der Waals surface area contributed by atoms with Crippen LogP contribution in [0.15, 0.2) is 61.4 Å². The quantitative estimate of drug-likeness (QED) is 0.0227. The molecule has 0 atom stereocenters. The third kappa shape index (κ3) is 12.7. The van der Waals surface area contributed by atoms with Gasteiger partial charge in [-0.3, -0.25) is 33.9 Å². The van der Waals surface area contributed by atoms with Gasteiger partial charge >= 0.3 is 5.97 Å². The lowest BCUT2D eigenvalue weighted by atomic mass is 9.71. The van der Waals surface area contributed by atoms with Gasteiger partial charge in [0.15, 0.2) is 0 Å². The zero-order chi connectivity index (χ0) is 55.1. The number of carboxylic acid groups (broad SMARTS) is 1. The minimum Gasteiger partial charge on any atom is -0.477 e. The highest BCUT2D eigenvalue weighted by atomic mass is 127. The van der Waals surface area contributed by atoms with Crippen molar-refractivity contribution in [3.63, 3.8) is 0 Å². The van der Waals surface area contributed by atoms with Crippen molar-refractivity contribution in [2.45, 2.75) is 75.3 Å². The lowest BCUT2D eigenvalue weighted by Crippen LogP contribution is -2.61. The molecule has 6 heterocycles. The molecule has 6 aromatic heterocycles. The molecule has 0 unspecified atom stereocenters. The predicted octanol–water partition coefficient (Wildman–Crippen LogP) is 6.09. The minimum atomic E-state index is -3.04. The Balaban J connectivity index is 0.000000226. The van der Waals surface area contributed by atoms with Gasteiger partial charge in [-0.1, -0.05) is 22.6 Å². The number of nitrogens with one attached hydrogen (secondary N) is 5. The molecule has 3 amide bonds. The summed E-state index contributed by atoms with van der Waals surface area (Å²) in [5, 5.41) is 35.5. The number of rotatable bonds is 13. The molecular weight excluding hydrogens is 1100 g/mol. The number of carbonyl (C=O) groups is 6. The Kier molecular flexibility index (Phi) is 16.8. The Hall–Kier alpha value is -7.67. The number of carboxylic acids is 1. The highest BCUT2D eigenvalue weighted by Crippen LogP contribution is 2.52. The number of H-pyrrole nitrogens is 2. The van der Waals surface area contributed by atoms with Gasteiger partial charge in [-0.15, -0.1) is 0 Å². The summed E-state index contributed by atoms with van der Waals surface area (Å²) in [4.78, 5) is 81.9. The molecule has 21 nitrogen and oxygen atoms in total. The van der Waals surface area contributed by atoms with Crippen molar-refractivity contribution in [2.24, 2.45) is 14.1 Å². The average molecular weight is 1150 g/mol. The van der Waals surface area contributed by atoms with E-state index in [9.17, 15) is 63.9 Å². The summed E-state index contributed by atoms with van der Waals surface area (Å²) in [7, 11) is 2.88. The number of alkyl halides is 9. The summed E-state index contributed by atoms with van der Waals surface area (Å²) >= 11 is 1.96. The van der Waals surface area contributed by atoms with Crippen molar-refractivity contribution in [1.29, 1.82) is 0 Å². The minimum absolute atomic E-state index is 0.00190. The lowest BCUT2D eigenvalue weighted by Gasteiger charge is -2.46. The number of pyridine rings is 2. The lowest BCUT2D eigenvalue weighted by molar-refractivity contribution is -0.149. The number of ketones is 2. The van der Waals surface area contributed by atoms with Crippen LogP contribution >= 0.6 is 22.6 Å². The molecule has 0 radical (unpaired) electrons. The van der Waals surface area contributed by atoms with Crippen LogP contribution in [0.5, 0.6) is 0 Å². The molecule has 8 N–H and O–H groups in total. The smallest absolute Gasteiger partial charge is 0.352 e. The van der Waals surface area contributed by atoms with Crippen LogP contribution in [0, 0.1) is 13.8 Å². The number of nitrogens with two attached hydrogens (primary N) is 1. The number of nitrogen functional groups attached to an aromatic ring is 1. The van der Waals surface area contributed by atoms with E-state index in [1.165, 1.54) is 80.2 Å². The fourth-order valence-electron chi connectivity index (χ4n) is 8.00. The number of hydrogen-bond acceptors (Lipinski definition) is 13. The number of hydrogen-bond donors (Lipinski definition) is 7. The first-order valence-electron chi connectivity index (χ1n) is 21.5. The molecule has 2 aliphatic carbocycles. The van der Waals surface area contributed by atoms with Crippen molar-refractivity contribution in [2.75, 3.05) is 16.0 Å². The van der Waals surface area contributed by atoms with Crippen LogP contribution in [0.4, 0.5) is 46.5 Å². The molecule has 0 spiro atoms. The van der Waals surface area contributed by atoms with Crippen molar-refractivity contribution < 1.29 is 70.4 Å². The van der Waals surface area contributed by atoms with Gasteiger partial charge in [0.25, 0.3) is 54.0 Å². The van der Waals surface area contributed by atoms with E-state index in [0.29, 0.717) is 10.6 Å². The zero-order valence-corrected chi connectivity index (χ0v) is 40.6. The summed E-state index contributed by atoms with van der Waals surface area (Å²) in [6.45, 7) is 2.83. The molecular formula is C43H43F8IN14O7. The fraction of sp³-hybridized carbons (Fsp3) is 0.349. The van der Waals surface area contributed by atoms with Gasteiger partial charge in [0, 0.05) is 88.4 Å². The zero-order valence-electron chi connectivity index (χ0n) is 39.4. The molecule has 0 saturated heterocycles. The van der Waals surface area contributed by atoms with E-state index < -0.39 is 102 Å². The van der Waals surface area contributed by atoms with Gasteiger partial charge in [-0.25, -0.2) is 39.9 Å². The maximum absolute atomic E-state index is 13.7. The third-order valence-electron chi connectivity index (χ3n) is 11.2. The third-order valence-corrected chi connectivity index (χ3v) is 11.2. The van der Waals surface area contributed by atoms with Gasteiger partial charge in [0.1, 0.15) is 34.2 Å². The first-order valence-corrected chi connectivity index (χ1v) is 22.3. The number of halogens is 9. The Bertz CT molecular complexity index is 3010. The van der Waals surface area contributed by atoms with Crippen LogP contribution in [0.25, 0.3) is 0 Å². The first kappa shape index (κ1) is 54.7. The van der Waals surface area contributed by atoms with Crippen molar-refractivity contribution in [1.82, 2.24) is 60.6 Å². The maximum atomic E-state index is 13.7. The second-order valence-corrected chi connectivity index (χ2v) is 16.5. The fourth-order valence-corrected chi connectivity index (χ4v) is 8.00. The summed E-state index contributed by atoms with van der Waals surface area (Å²) in [5.41, 5.74) is 1.79. The number of nitrogens with zero attached hydrogens (tertiary/aromatic N) is 8. The highest BCUT2D eigenvalue weighted by Gasteiger charge is 2.61. The number of aromatic carboxylic acids is 1. The highest BCUT2D eigenvalue weighted by molar-refractivity contribution is 14.1. The Labute approximate surface area is 422 Å². The standard InChI is InChI=1S/C21H19F4N7O3.C15H15F2N5O4.C6H6F2N2.CH3I/c1-10-12(7-32(2)15(10)18(34)28-11-3-4-26-13(5-11)17(22)23)16(33)19(35)29-20(8-21(24,25)9-20)14-6-27-31-30-14;1-7-8(4-22(2)10(7)13(25)26)11(23)12(24)19-14(5-15(16,17)6-14)9-3-18-21-20-9;7-6(8)5-3-4(9)1-2-10-5;1-2/h3-7,17H,8-9H2,1-2H3,(H,29,35)(H,26,28,34)(H,27,30,31);3-4H,5-6H2,1-2H3,(H,19,24)(H,25,26)(H,18,20,21);1-3,6H,(H2,9,10);1H3/i;;;1D. The molecule has 6 aromatic rings. The molecule has 0 bridgehead atoms. The number of aryl methyl sites for hydroxylation is 2. The van der Waals surface area contributed by atoms with E-state index in [1.807, 2.05) is 22.6 Å². The van der Waals surface area contributed by atoms with Gasteiger partial charge < -0.3 is 35.9 Å². The molecule has 8 rings (SSSR count). The normalized spacial score (nSPS) is 15.5. The number of Topliss-reactive ketones (excluding diaryl/α,β-unsaturated/α-hetero) is 2. The molecule has 0 aromatic carbocycles. The Morgan fingerprint density at radius 3 is 1.51 bits per heavy atom. The van der Waals surface area contributed by atoms with Crippen LogP contribution in [-0.2, 0) is 34.8 Å². The van der Waals surface area contributed by atoms with Crippen molar-refractivity contribution in [3.05, 3.63) is 118 Å². The van der Waals surface area contributed by atoms with E-state index in [2.05, 4.69) is 56.7 Å². The first-order chi connectivity index (χ1) is 34.6. The number of anilines is 2. The van der Waals surface area contributed by atoms with Crippen LogP contribution in [-0.4, -0.2) is 107 Å². The van der Waals surface area contributed by atoms with Crippen molar-refractivity contribution >= 4 is 69.2 Å². The molecule has 2 saturated carbocycles. The Morgan fingerprint density at radius 2 is 1.15 bits per heavy atom. The van der Waals surface area contributed by atoms with Gasteiger partial charge in [-0.2, -0.15) is 30.8 Å². The van der Waals surface area contributed by atoms with E-state index in [4.69, 9.17) is 12.2 Å². The second kappa shape index (κ2) is 22.4. The van der Waals surface area contributed by atoms with Crippen LogP contribution in [0.2, 0.25) is 0 Å². The molecule has 73 heavy (non-hydrogen) atoms. The van der Waals surface area contributed by atoms with E-state index >= 15 is 0 Å². The Morgan fingerprint density at radius 1 is 0.740 bits per heavy atom. The van der Waals surface area contributed by atoms with Crippen LogP contribution < -0.4 is 21.7 Å². The number of aromatic nitrogens is 10. The molecule has 0 aliphatic heterocycles. The predicted molar refractivity (Wildman–Crippen MR) is 247 cm³/mol. The number of carbonyl (C=O) groups excluding carboxylic acids is 5. The largest absolute Gasteiger partial charge is 0.477 e. The van der Waals surface area contributed by atoms with Gasteiger partial charge in [0.2, 0.25) is 0 Å². The molecule has 390 valence electrons. The summed E-state index contributed by atoms with van der Waals surface area (Å²) < 4.78 is 112. The van der Waals surface area contributed by atoms with E-state index in [0.717, 1.165) is 18.3 Å². The van der Waals surface area contributed by atoms with E-state index in [1.54, 1.807) is 0 Å². The molecule has 2 fully saturated rings. The number of amides is 3. The van der Waals surface area contributed by atoms with Gasteiger partial charge in [0.05, 0.1) is 23.5 Å². The molecule has 30 heteroatoms. The summed E-state index contributed by atoms with van der Waals surface area (Å²) in [6.07, 6.45) is -1.05. The monoisotopic (exact) mass is 1150 g/mol. The SMILES string of the molecule is Cc1c(C(=O)C(=O)NC2(c3cn[nH]n3)CC(F)(F)C2)cn(C)c1C(=O)Nc1ccnc(C(F)F)c1.Cc1c(C(=O)C(=O)NC2(c3cn[nH]n3)CC(F)(F)C2)cn(C)c1C(=O)O.Nc1ccnc(C(F)F)c1.[2H]CI. The van der Waals surface area contributed by atoms with Gasteiger partial charge in [-0.05, 0) is 54.1 Å². The second-order valence-electron chi connectivity index (χ2n) is 16.5.